The number of amides is 2. The fourth-order valence-corrected chi connectivity index (χ4v) is 7.20. The number of alkyl halides is 3. The average Bonchev–Trinajstić information content (AvgIpc) is 3.56. The molecular formula is C38H36F3N5O7S. The van der Waals surface area contributed by atoms with E-state index in [0.29, 0.717) is 12.0 Å². The van der Waals surface area contributed by atoms with Crippen LogP contribution in [0.4, 0.5) is 30.2 Å². The highest BCUT2D eigenvalue weighted by Gasteiger charge is 2.37. The van der Waals surface area contributed by atoms with Gasteiger partial charge < -0.3 is 25.4 Å². The number of nitrogens with one attached hydrogen (secondary N) is 2. The largest absolute Gasteiger partial charge is 0.426 e. The lowest BCUT2D eigenvalue weighted by Gasteiger charge is -2.31. The van der Waals surface area contributed by atoms with Gasteiger partial charge in [0.15, 0.2) is 5.75 Å². The number of rotatable bonds is 15. The molecule has 0 spiro atoms. The number of benzene rings is 4. The van der Waals surface area contributed by atoms with Crippen molar-refractivity contribution in [2.45, 2.75) is 44.1 Å². The first-order valence-electron chi connectivity index (χ1n) is 16.7. The topological polar surface area (TPSA) is 169 Å². The molecule has 12 nitrogen and oxygen atoms in total. The second kappa shape index (κ2) is 16.9. The van der Waals surface area contributed by atoms with E-state index in [-0.39, 0.29) is 72.9 Å². The molecule has 4 aromatic carbocycles. The van der Waals surface area contributed by atoms with Crippen molar-refractivity contribution >= 4 is 45.4 Å². The number of sulfonamides is 1. The highest BCUT2D eigenvalue weighted by molar-refractivity contribution is 7.92. The highest BCUT2D eigenvalue weighted by Crippen LogP contribution is 2.47. The third-order valence-corrected chi connectivity index (χ3v) is 9.69. The summed E-state index contributed by atoms with van der Waals surface area (Å²) in [4.78, 5) is 40.6. The summed E-state index contributed by atoms with van der Waals surface area (Å²) < 4.78 is 72.9. The summed E-state index contributed by atoms with van der Waals surface area (Å²) in [5.74, 6) is -1.56. The van der Waals surface area contributed by atoms with E-state index < -0.39 is 45.7 Å². The molecular weight excluding hydrogens is 728 g/mol. The maximum Gasteiger partial charge on any atom is 0.416 e. The Bertz CT molecular complexity index is 2160. The molecule has 1 aliphatic rings. The fourth-order valence-electron chi connectivity index (χ4n) is 6.20. The van der Waals surface area contributed by atoms with Crippen molar-refractivity contribution in [1.29, 1.82) is 5.26 Å². The molecule has 0 radical (unpaired) electrons. The number of anilines is 3. The Labute approximate surface area is 309 Å². The standard InChI is InChI=1S/C38H36F3N5O7S/c1-54(51,52)46(29-13-6-10-26(19-29)21-42)36-33(53-24-47)16-15-30(35(36)45-17-7-14-34(45)49)37(50)44-31(20-25-8-3-2-4-9-25)32(48)23-43-22-27-11-5-12-28(18-27)38(39,40)41/h2-6,8-13,15-16,18-19,24,31-32,43,48H,7,14,17,20,22-23H2,1H3,(H,44,50)/t31-,32+/m0/s1. The molecule has 0 saturated carbocycles. The van der Waals surface area contributed by atoms with Gasteiger partial charge in [0.25, 0.3) is 12.4 Å². The van der Waals surface area contributed by atoms with Crippen molar-refractivity contribution in [2.75, 3.05) is 28.6 Å². The monoisotopic (exact) mass is 763 g/mol. The molecule has 1 fully saturated rings. The Morgan fingerprint density at radius 1 is 1.06 bits per heavy atom. The molecule has 5 rings (SSSR count). The Hall–Kier alpha value is -5.76. The second-order valence-electron chi connectivity index (χ2n) is 12.5. The summed E-state index contributed by atoms with van der Waals surface area (Å²) >= 11 is 0. The van der Waals surface area contributed by atoms with Crippen molar-refractivity contribution in [2.24, 2.45) is 0 Å². The SMILES string of the molecule is CS(=O)(=O)N(c1cccc(C#N)c1)c1c(OC=O)ccc(C(=O)N[C@@H](Cc2ccccc2)[C@H](O)CNCc2cccc(C(F)(F)F)c2)c1N1CCCC1=O. The molecule has 282 valence electrons. The molecule has 2 atom stereocenters. The summed E-state index contributed by atoms with van der Waals surface area (Å²) in [6, 6.07) is 22.6. The molecule has 1 heterocycles. The third kappa shape index (κ3) is 9.42. The zero-order valence-electron chi connectivity index (χ0n) is 28.9. The molecule has 0 bridgehead atoms. The van der Waals surface area contributed by atoms with Crippen molar-refractivity contribution in [3.8, 4) is 11.8 Å². The summed E-state index contributed by atoms with van der Waals surface area (Å²) in [6.45, 7) is -0.0228. The zero-order valence-corrected chi connectivity index (χ0v) is 29.7. The number of hydrogen-bond acceptors (Lipinski definition) is 9. The molecule has 0 aliphatic carbocycles. The number of carbonyl (C=O) groups excluding carboxylic acids is 3. The summed E-state index contributed by atoms with van der Waals surface area (Å²) in [5, 5.41) is 26.7. The van der Waals surface area contributed by atoms with Gasteiger partial charge in [-0.05, 0) is 60.4 Å². The highest BCUT2D eigenvalue weighted by atomic mass is 32.2. The number of hydrogen-bond donors (Lipinski definition) is 3. The Morgan fingerprint density at radius 3 is 2.43 bits per heavy atom. The van der Waals surface area contributed by atoms with E-state index in [1.54, 1.807) is 30.3 Å². The van der Waals surface area contributed by atoms with E-state index in [4.69, 9.17) is 4.74 Å². The van der Waals surface area contributed by atoms with Gasteiger partial charge in [0.1, 0.15) is 5.69 Å². The van der Waals surface area contributed by atoms with Crippen LogP contribution in [0.1, 0.15) is 45.5 Å². The van der Waals surface area contributed by atoms with Crippen LogP contribution >= 0.6 is 0 Å². The number of nitrogens with zero attached hydrogens (tertiary/aromatic N) is 3. The number of aliphatic hydroxyl groups is 1. The zero-order chi connectivity index (χ0) is 39.0. The van der Waals surface area contributed by atoms with E-state index in [0.717, 1.165) is 28.3 Å². The fraction of sp³-hybridized carbons (Fsp3) is 0.263. The summed E-state index contributed by atoms with van der Waals surface area (Å²) in [5.41, 5.74) is -0.408. The van der Waals surface area contributed by atoms with Gasteiger partial charge >= 0.3 is 6.18 Å². The van der Waals surface area contributed by atoms with Crippen LogP contribution in [0.25, 0.3) is 0 Å². The molecule has 1 saturated heterocycles. The van der Waals surface area contributed by atoms with Crippen molar-refractivity contribution in [3.63, 3.8) is 0 Å². The normalized spacial score (nSPS) is 14.2. The predicted octanol–water partition coefficient (Wildman–Crippen LogP) is 4.83. The maximum absolute atomic E-state index is 14.4. The van der Waals surface area contributed by atoms with Gasteiger partial charge in [-0.1, -0.05) is 54.6 Å². The smallest absolute Gasteiger partial charge is 0.416 e. The lowest BCUT2D eigenvalue weighted by Crippen LogP contribution is -2.49. The summed E-state index contributed by atoms with van der Waals surface area (Å²) in [6.07, 6.45) is -4.40. The average molecular weight is 764 g/mol. The first-order valence-corrected chi connectivity index (χ1v) is 18.5. The van der Waals surface area contributed by atoms with Gasteiger partial charge in [-0.25, -0.2) is 12.7 Å². The Kier molecular flexibility index (Phi) is 12.4. The first-order chi connectivity index (χ1) is 25.7. The molecule has 0 unspecified atom stereocenters. The number of carbonyl (C=O) groups is 3. The minimum Gasteiger partial charge on any atom is -0.426 e. The molecule has 16 heteroatoms. The van der Waals surface area contributed by atoms with Gasteiger partial charge in [-0.2, -0.15) is 18.4 Å². The lowest BCUT2D eigenvalue weighted by molar-refractivity contribution is -0.137. The maximum atomic E-state index is 14.4. The van der Waals surface area contributed by atoms with Crippen LogP contribution in [0.2, 0.25) is 0 Å². The van der Waals surface area contributed by atoms with Crippen LogP contribution in [0.3, 0.4) is 0 Å². The first kappa shape index (κ1) is 39.4. The molecule has 3 N–H and O–H groups in total. The number of ether oxygens (including phenoxy) is 1. The van der Waals surface area contributed by atoms with E-state index in [2.05, 4.69) is 10.6 Å². The third-order valence-electron chi connectivity index (χ3n) is 8.64. The van der Waals surface area contributed by atoms with Crippen LogP contribution in [-0.4, -0.2) is 63.3 Å². The molecule has 4 aromatic rings. The van der Waals surface area contributed by atoms with E-state index in [9.17, 15) is 46.3 Å². The Balaban J connectivity index is 1.55. The van der Waals surface area contributed by atoms with Gasteiger partial charge in [-0.15, -0.1) is 0 Å². The van der Waals surface area contributed by atoms with Gasteiger partial charge in [0.05, 0.1) is 52.5 Å². The van der Waals surface area contributed by atoms with Crippen molar-refractivity contribution < 1.29 is 45.8 Å². The van der Waals surface area contributed by atoms with Crippen LogP contribution < -0.4 is 24.6 Å². The van der Waals surface area contributed by atoms with Gasteiger partial charge in [-0.3, -0.25) is 14.4 Å². The number of nitriles is 1. The number of aliphatic hydroxyl groups excluding tert-OH is 1. The number of halogens is 3. The van der Waals surface area contributed by atoms with Crippen molar-refractivity contribution in [3.05, 3.63) is 119 Å². The second-order valence-corrected chi connectivity index (χ2v) is 14.4. The van der Waals surface area contributed by atoms with Gasteiger partial charge in [0, 0.05) is 26.1 Å². The van der Waals surface area contributed by atoms with Crippen LogP contribution in [0.15, 0.2) is 91.0 Å². The van der Waals surface area contributed by atoms with E-state index >= 15 is 0 Å². The van der Waals surface area contributed by atoms with Crippen LogP contribution in [0.5, 0.6) is 5.75 Å². The summed E-state index contributed by atoms with van der Waals surface area (Å²) in [7, 11) is -4.32. The quantitative estimate of drug-likeness (QED) is 0.144. The van der Waals surface area contributed by atoms with E-state index in [1.807, 2.05) is 6.07 Å². The van der Waals surface area contributed by atoms with E-state index in [1.165, 1.54) is 53.4 Å². The van der Waals surface area contributed by atoms with Crippen LogP contribution in [0, 0.1) is 11.3 Å². The minimum absolute atomic E-state index is 0.0237. The molecule has 54 heavy (non-hydrogen) atoms. The lowest BCUT2D eigenvalue weighted by atomic mass is 9.99. The minimum atomic E-state index is -4.53. The van der Waals surface area contributed by atoms with Crippen LogP contribution in [-0.2, 0) is 38.8 Å². The Morgan fingerprint density at radius 2 is 1.78 bits per heavy atom. The molecule has 2 amide bonds. The molecule has 0 aromatic heterocycles. The predicted molar refractivity (Wildman–Crippen MR) is 193 cm³/mol. The molecule has 1 aliphatic heterocycles. The van der Waals surface area contributed by atoms with Gasteiger partial charge in [0.2, 0.25) is 15.9 Å². The van der Waals surface area contributed by atoms with Crippen molar-refractivity contribution in [1.82, 2.24) is 10.6 Å².